The van der Waals surface area contributed by atoms with E-state index in [2.05, 4.69) is 54.5 Å². The van der Waals surface area contributed by atoms with Crippen molar-refractivity contribution in [3.05, 3.63) is 36.5 Å². The van der Waals surface area contributed by atoms with Crippen molar-refractivity contribution in [3.63, 3.8) is 0 Å². The third-order valence-corrected chi connectivity index (χ3v) is 12.0. The van der Waals surface area contributed by atoms with E-state index in [0.29, 0.717) is 13.0 Å². The molecule has 0 aromatic carbocycles. The molecule has 6 atom stereocenters. The Balaban J connectivity index is 2.38. The number of allylic oxidation sites excluding steroid dienone is 6. The minimum absolute atomic E-state index is 0.0317. The zero-order chi connectivity index (χ0) is 46.1. The van der Waals surface area contributed by atoms with E-state index in [9.17, 15) is 33.1 Å². The van der Waals surface area contributed by atoms with Crippen LogP contribution >= 0.6 is 0 Å². The van der Waals surface area contributed by atoms with E-state index < -0.39 is 59.8 Å². The van der Waals surface area contributed by atoms with Crippen molar-refractivity contribution < 1.29 is 56.2 Å². The third kappa shape index (κ3) is 35.2. The number of unbranched alkanes of at least 4 members (excludes halogenated alkanes) is 25. The van der Waals surface area contributed by atoms with Crippen molar-refractivity contribution in [2.24, 2.45) is 0 Å². The topological polar surface area (TPSA) is 178 Å². The lowest BCUT2D eigenvalue weighted by atomic mass is 9.99. The van der Waals surface area contributed by atoms with Gasteiger partial charge in [-0.25, -0.2) is 4.18 Å². The second kappa shape index (κ2) is 41.7. The molecule has 0 spiro atoms. The second-order valence-electron chi connectivity index (χ2n) is 17.4. The summed E-state index contributed by atoms with van der Waals surface area (Å²) in [6.07, 6.45) is 40.3. The van der Waals surface area contributed by atoms with Gasteiger partial charge in [0.1, 0.15) is 30.5 Å². The largest absolute Gasteiger partial charge is 0.457 e. The number of esters is 1. The predicted molar refractivity (Wildman–Crippen MR) is 253 cm³/mol. The summed E-state index contributed by atoms with van der Waals surface area (Å²) < 4.78 is 59.2. The molecule has 1 saturated heterocycles. The Morgan fingerprint density at radius 2 is 1.05 bits per heavy atom. The smallest absolute Gasteiger partial charge is 0.397 e. The normalized spacial score (nSPS) is 20.1. The molecule has 0 aromatic heterocycles. The molecule has 0 radical (unpaired) electrons. The number of hydrogen-bond donors (Lipinski definition) is 4. The van der Waals surface area contributed by atoms with E-state index >= 15 is 0 Å². The summed E-state index contributed by atoms with van der Waals surface area (Å²) in [6.45, 7) is 3.97. The first-order valence-electron chi connectivity index (χ1n) is 25.2. The Hall–Kier alpha value is -1.68. The van der Waals surface area contributed by atoms with Gasteiger partial charge >= 0.3 is 16.4 Å². The Kier molecular flexibility index (Phi) is 39.3. The molecule has 13 heteroatoms. The van der Waals surface area contributed by atoms with Crippen LogP contribution in [0.4, 0.5) is 0 Å². The van der Waals surface area contributed by atoms with E-state index in [0.717, 1.165) is 51.4 Å². The van der Waals surface area contributed by atoms with Crippen molar-refractivity contribution in [1.29, 1.82) is 0 Å². The van der Waals surface area contributed by atoms with Crippen LogP contribution in [0.2, 0.25) is 0 Å². The van der Waals surface area contributed by atoms with Gasteiger partial charge < -0.3 is 34.3 Å². The monoisotopic (exact) mass is 917 g/mol. The maximum Gasteiger partial charge on any atom is 0.397 e. The molecule has 0 aromatic rings. The van der Waals surface area contributed by atoms with Gasteiger partial charge in [-0.3, -0.25) is 9.35 Å². The van der Waals surface area contributed by atoms with Crippen LogP contribution in [0.15, 0.2) is 36.5 Å². The number of carbonyl (C=O) groups excluding carboxylic acids is 1. The van der Waals surface area contributed by atoms with Crippen molar-refractivity contribution in [2.45, 2.75) is 250 Å². The van der Waals surface area contributed by atoms with Gasteiger partial charge in [-0.05, 0) is 70.6 Å². The predicted octanol–water partition coefficient (Wildman–Crippen LogP) is 11.4. The number of hydrogen-bond acceptors (Lipinski definition) is 11. The number of carbonyl (C=O) groups is 1. The molecule has 1 fully saturated rings. The number of ether oxygens (including phenoxy) is 4. The van der Waals surface area contributed by atoms with Gasteiger partial charge in [-0.2, -0.15) is 8.42 Å². The molecule has 0 amide bonds. The highest BCUT2D eigenvalue weighted by molar-refractivity contribution is 7.80. The molecule has 1 aliphatic rings. The van der Waals surface area contributed by atoms with Crippen molar-refractivity contribution in [3.8, 4) is 0 Å². The van der Waals surface area contributed by atoms with Crippen LogP contribution in [0, 0.1) is 0 Å². The first-order chi connectivity index (χ1) is 30.6. The van der Waals surface area contributed by atoms with Gasteiger partial charge in [-0.15, -0.1) is 0 Å². The zero-order valence-corrected chi connectivity index (χ0v) is 40.5. The molecule has 4 N–H and O–H groups in total. The molecule has 370 valence electrons. The molecule has 6 unspecified atom stereocenters. The Labute approximate surface area is 383 Å². The molecule has 1 heterocycles. The lowest BCUT2D eigenvalue weighted by Crippen LogP contribution is -2.60. The van der Waals surface area contributed by atoms with E-state index in [-0.39, 0.29) is 19.6 Å². The number of aliphatic hydroxyl groups excluding tert-OH is 3. The third-order valence-electron chi connectivity index (χ3n) is 11.5. The molecule has 12 nitrogen and oxygen atoms in total. The van der Waals surface area contributed by atoms with Crippen molar-refractivity contribution in [1.82, 2.24) is 0 Å². The highest BCUT2D eigenvalue weighted by Gasteiger charge is 2.48. The molecular formula is C50H92O12S. The van der Waals surface area contributed by atoms with Gasteiger partial charge in [0.2, 0.25) is 0 Å². The fraction of sp³-hybridized carbons (Fsp3) is 0.860. The van der Waals surface area contributed by atoms with Gasteiger partial charge in [-0.1, -0.05) is 172 Å². The minimum Gasteiger partial charge on any atom is -0.457 e. The highest BCUT2D eigenvalue weighted by atomic mass is 32.3. The maximum atomic E-state index is 12.9. The Morgan fingerprint density at radius 1 is 0.603 bits per heavy atom. The molecule has 0 bridgehead atoms. The van der Waals surface area contributed by atoms with Gasteiger partial charge in [0, 0.05) is 13.0 Å². The summed E-state index contributed by atoms with van der Waals surface area (Å²) in [5.74, 6) is -0.407. The van der Waals surface area contributed by atoms with Crippen LogP contribution < -0.4 is 0 Å². The fourth-order valence-electron chi connectivity index (χ4n) is 7.64. The maximum absolute atomic E-state index is 12.9. The second-order valence-corrected chi connectivity index (χ2v) is 18.4. The number of aliphatic hydroxyl groups is 3. The van der Waals surface area contributed by atoms with Gasteiger partial charge in [0.25, 0.3) is 0 Å². The van der Waals surface area contributed by atoms with Crippen molar-refractivity contribution in [2.75, 3.05) is 26.4 Å². The first kappa shape index (κ1) is 59.3. The molecule has 1 rings (SSSR count). The lowest BCUT2D eigenvalue weighted by molar-refractivity contribution is -0.301. The van der Waals surface area contributed by atoms with Crippen molar-refractivity contribution >= 4 is 16.4 Å². The van der Waals surface area contributed by atoms with Crippen LogP contribution in [-0.4, -0.2) is 97.5 Å². The van der Waals surface area contributed by atoms with Crippen LogP contribution in [0.5, 0.6) is 0 Å². The standard InChI is InChI=1S/C50H92O12S/c1-3-5-7-9-11-13-15-17-19-21-22-24-26-28-30-32-34-36-38-40-58-42-44(43-59-50-48(54)49(62-63(55,56)57)47(53)45(41-51)61-50)60-46(52)39-37-35-33-31-29-27-25-23-20-18-16-14-12-10-8-6-4-2/h12,14,18-21,44-45,47-51,53-54H,3-11,13,15-17,22-43H2,1-2H3,(H,55,56,57)/b14-12-,20-18-,21-19-. The van der Waals surface area contributed by atoms with E-state index in [4.69, 9.17) is 18.9 Å². The molecule has 1 aliphatic heterocycles. The van der Waals surface area contributed by atoms with Gasteiger partial charge in [0.15, 0.2) is 6.29 Å². The first-order valence-corrected chi connectivity index (χ1v) is 26.6. The Bertz CT molecular complexity index is 1240. The van der Waals surface area contributed by atoms with E-state index in [1.807, 2.05) is 0 Å². The summed E-state index contributed by atoms with van der Waals surface area (Å²) in [5, 5.41) is 30.7. The minimum atomic E-state index is -5.06. The molecule has 63 heavy (non-hydrogen) atoms. The van der Waals surface area contributed by atoms with Gasteiger partial charge in [0.05, 0.1) is 19.8 Å². The summed E-state index contributed by atoms with van der Waals surface area (Å²) >= 11 is 0. The van der Waals surface area contributed by atoms with E-state index in [1.54, 1.807) is 0 Å². The lowest BCUT2D eigenvalue weighted by Gasteiger charge is -2.41. The highest BCUT2D eigenvalue weighted by Crippen LogP contribution is 2.26. The summed E-state index contributed by atoms with van der Waals surface area (Å²) in [7, 11) is -5.06. The Morgan fingerprint density at radius 3 is 1.56 bits per heavy atom. The molecular weight excluding hydrogens is 825 g/mol. The number of rotatable bonds is 44. The molecule has 0 saturated carbocycles. The average Bonchev–Trinajstić information content (AvgIpc) is 3.26. The van der Waals surface area contributed by atoms with Crippen LogP contribution in [0.1, 0.15) is 213 Å². The summed E-state index contributed by atoms with van der Waals surface area (Å²) in [6, 6.07) is 0. The SMILES string of the molecule is CCCCC/C=C\C/C=C\CCCCCCCCCC(=O)OC(COCCCCCCCCCC/C=C\CCCCCCCCC)COC1OC(CO)C(O)C(OS(=O)(=O)O)C1O. The summed E-state index contributed by atoms with van der Waals surface area (Å²) in [4.78, 5) is 12.9. The van der Waals surface area contributed by atoms with Crippen LogP contribution in [0.25, 0.3) is 0 Å². The zero-order valence-electron chi connectivity index (χ0n) is 39.6. The fourth-order valence-corrected chi connectivity index (χ4v) is 8.15. The van der Waals surface area contributed by atoms with Crippen LogP contribution in [0.3, 0.4) is 0 Å². The summed E-state index contributed by atoms with van der Waals surface area (Å²) in [5.41, 5.74) is 0. The quantitative estimate of drug-likeness (QED) is 0.0197. The average molecular weight is 917 g/mol. The van der Waals surface area contributed by atoms with E-state index in [1.165, 1.54) is 135 Å². The van der Waals surface area contributed by atoms with Crippen LogP contribution in [-0.2, 0) is 38.3 Å². The molecule has 0 aliphatic carbocycles.